The molecule has 4 rings (SSSR count). The van der Waals surface area contributed by atoms with Gasteiger partial charge in [-0.1, -0.05) is 6.07 Å². The predicted octanol–water partition coefficient (Wildman–Crippen LogP) is 2.09. The minimum absolute atomic E-state index is 0.0884. The van der Waals surface area contributed by atoms with Gasteiger partial charge in [-0.05, 0) is 57.9 Å². The van der Waals surface area contributed by atoms with Gasteiger partial charge in [-0.25, -0.2) is 14.3 Å². The molecular formula is C22H26N6O3. The topological polar surface area (TPSA) is 102 Å². The zero-order valence-electron chi connectivity index (χ0n) is 18.3. The van der Waals surface area contributed by atoms with Gasteiger partial charge < -0.3 is 4.90 Å². The van der Waals surface area contributed by atoms with Crippen molar-refractivity contribution in [3.05, 3.63) is 52.2 Å². The van der Waals surface area contributed by atoms with E-state index >= 15 is 0 Å². The third-order valence-corrected chi connectivity index (χ3v) is 5.65. The Balaban J connectivity index is 1.54. The Kier molecular flexibility index (Phi) is 4.91. The SMILES string of the molecule is Cc1ccc(N2CC(C(=O)Nn3cnc4c(cnn4C(C)(C)C)c3=O)CC2=O)cc1C. The summed E-state index contributed by atoms with van der Waals surface area (Å²) in [4.78, 5) is 44.1. The minimum Gasteiger partial charge on any atom is -0.312 e. The van der Waals surface area contributed by atoms with Gasteiger partial charge in [0.05, 0.1) is 17.7 Å². The molecule has 2 aromatic heterocycles. The molecule has 1 aliphatic rings. The average Bonchev–Trinajstić information content (AvgIpc) is 3.30. The van der Waals surface area contributed by atoms with Crippen LogP contribution < -0.4 is 15.9 Å². The second-order valence-electron chi connectivity index (χ2n) is 9.03. The van der Waals surface area contributed by atoms with E-state index in [1.54, 1.807) is 9.58 Å². The van der Waals surface area contributed by atoms with Crippen LogP contribution in [0.2, 0.25) is 0 Å². The highest BCUT2D eigenvalue weighted by atomic mass is 16.2. The van der Waals surface area contributed by atoms with Crippen LogP contribution in [0.1, 0.15) is 38.3 Å². The molecule has 9 heteroatoms. The zero-order valence-corrected chi connectivity index (χ0v) is 18.3. The number of aryl methyl sites for hydroxylation is 2. The second-order valence-corrected chi connectivity index (χ2v) is 9.03. The highest BCUT2D eigenvalue weighted by Gasteiger charge is 2.35. The average molecular weight is 422 g/mol. The standard InChI is InChI=1S/C22H26N6O3/c1-13-6-7-16(8-14(13)2)26-11-15(9-18(26)29)20(30)25-27-12-23-19-17(21(27)31)10-24-28(19)22(3,4)5/h6-8,10,12,15H,9,11H2,1-5H3,(H,25,30). The van der Waals surface area contributed by atoms with Crippen molar-refractivity contribution in [1.82, 2.24) is 19.4 Å². The van der Waals surface area contributed by atoms with E-state index in [9.17, 15) is 14.4 Å². The van der Waals surface area contributed by atoms with Crippen molar-refractivity contribution in [3.8, 4) is 0 Å². The molecule has 0 spiro atoms. The number of nitrogens with zero attached hydrogens (tertiary/aromatic N) is 5. The van der Waals surface area contributed by atoms with E-state index < -0.39 is 17.4 Å². The lowest BCUT2D eigenvalue weighted by atomic mass is 10.1. The monoisotopic (exact) mass is 422 g/mol. The first-order valence-electron chi connectivity index (χ1n) is 10.2. The Morgan fingerprint density at radius 2 is 1.90 bits per heavy atom. The zero-order chi connectivity index (χ0) is 22.5. The van der Waals surface area contributed by atoms with Gasteiger partial charge in [0.15, 0.2) is 5.65 Å². The van der Waals surface area contributed by atoms with Gasteiger partial charge in [-0.3, -0.25) is 19.8 Å². The van der Waals surface area contributed by atoms with Crippen LogP contribution in [0.15, 0.2) is 35.5 Å². The van der Waals surface area contributed by atoms with Gasteiger partial charge in [0, 0.05) is 18.7 Å². The Bertz CT molecular complexity index is 1250. The van der Waals surface area contributed by atoms with E-state index in [1.165, 1.54) is 12.5 Å². The molecule has 3 aromatic rings. The van der Waals surface area contributed by atoms with Crippen LogP contribution >= 0.6 is 0 Å². The highest BCUT2D eigenvalue weighted by Crippen LogP contribution is 2.27. The van der Waals surface area contributed by atoms with Gasteiger partial charge in [0.2, 0.25) is 11.8 Å². The maximum Gasteiger partial charge on any atom is 0.283 e. The van der Waals surface area contributed by atoms with Crippen LogP contribution in [-0.2, 0) is 15.1 Å². The largest absolute Gasteiger partial charge is 0.312 e. The number of carbonyl (C=O) groups excluding carboxylic acids is 2. The van der Waals surface area contributed by atoms with Crippen LogP contribution in [0.5, 0.6) is 0 Å². The quantitative estimate of drug-likeness (QED) is 0.696. The minimum atomic E-state index is -0.561. The number of amides is 2. The molecule has 1 fully saturated rings. The first-order valence-corrected chi connectivity index (χ1v) is 10.2. The summed E-state index contributed by atoms with van der Waals surface area (Å²) < 4.78 is 2.73. The molecule has 2 amide bonds. The third-order valence-electron chi connectivity index (χ3n) is 5.65. The highest BCUT2D eigenvalue weighted by molar-refractivity contribution is 6.01. The van der Waals surface area contributed by atoms with Gasteiger partial charge in [-0.2, -0.15) is 5.10 Å². The summed E-state index contributed by atoms with van der Waals surface area (Å²) in [5.41, 5.74) is 5.30. The van der Waals surface area contributed by atoms with Gasteiger partial charge in [0.25, 0.3) is 5.56 Å². The molecule has 9 nitrogen and oxygen atoms in total. The lowest BCUT2D eigenvalue weighted by Crippen LogP contribution is -2.37. The predicted molar refractivity (Wildman–Crippen MR) is 118 cm³/mol. The summed E-state index contributed by atoms with van der Waals surface area (Å²) in [6, 6.07) is 5.79. The lowest BCUT2D eigenvalue weighted by molar-refractivity contribution is -0.123. The van der Waals surface area contributed by atoms with Crippen LogP contribution in [0, 0.1) is 19.8 Å². The molecule has 0 bridgehead atoms. The first-order chi connectivity index (χ1) is 14.6. The van der Waals surface area contributed by atoms with Crippen molar-refractivity contribution >= 4 is 28.5 Å². The Labute approximate surface area is 179 Å². The molecule has 0 saturated carbocycles. The molecule has 1 unspecified atom stereocenters. The molecule has 1 aromatic carbocycles. The van der Waals surface area contributed by atoms with Gasteiger partial charge in [0.1, 0.15) is 11.7 Å². The van der Waals surface area contributed by atoms with Crippen LogP contribution in [0.4, 0.5) is 5.69 Å². The number of hydrogen-bond acceptors (Lipinski definition) is 5. The first kappa shape index (κ1) is 20.8. The van der Waals surface area contributed by atoms with Crippen LogP contribution in [0.3, 0.4) is 0 Å². The molecule has 162 valence electrons. The fraction of sp³-hybridized carbons (Fsp3) is 0.409. The number of rotatable bonds is 3. The summed E-state index contributed by atoms with van der Waals surface area (Å²) in [7, 11) is 0. The molecule has 1 saturated heterocycles. The van der Waals surface area contributed by atoms with Crippen molar-refractivity contribution in [2.24, 2.45) is 5.92 Å². The van der Waals surface area contributed by atoms with Crippen molar-refractivity contribution in [2.75, 3.05) is 16.9 Å². The summed E-state index contributed by atoms with van der Waals surface area (Å²) in [6.45, 7) is 10.2. The van der Waals surface area contributed by atoms with Gasteiger partial charge in [-0.15, -0.1) is 0 Å². The smallest absolute Gasteiger partial charge is 0.283 e. The number of fused-ring (bicyclic) bond motifs is 1. The van der Waals surface area contributed by atoms with Gasteiger partial charge >= 0.3 is 0 Å². The molecule has 31 heavy (non-hydrogen) atoms. The molecular weight excluding hydrogens is 396 g/mol. The van der Waals surface area contributed by atoms with E-state index in [0.29, 0.717) is 11.0 Å². The maximum atomic E-state index is 12.8. The number of carbonyl (C=O) groups is 2. The number of benzene rings is 1. The Morgan fingerprint density at radius 3 is 2.58 bits per heavy atom. The van der Waals surface area contributed by atoms with Crippen LogP contribution in [-0.4, -0.2) is 37.8 Å². The van der Waals surface area contributed by atoms with E-state index in [0.717, 1.165) is 21.5 Å². The molecule has 3 heterocycles. The fourth-order valence-electron chi connectivity index (χ4n) is 3.72. The number of aromatic nitrogens is 4. The Hall–Kier alpha value is -3.49. The maximum absolute atomic E-state index is 12.8. The summed E-state index contributed by atoms with van der Waals surface area (Å²) >= 11 is 0. The van der Waals surface area contributed by atoms with E-state index in [1.807, 2.05) is 52.8 Å². The molecule has 1 atom stereocenters. The van der Waals surface area contributed by atoms with E-state index in [4.69, 9.17) is 0 Å². The molecule has 0 aliphatic carbocycles. The van der Waals surface area contributed by atoms with Crippen molar-refractivity contribution in [1.29, 1.82) is 0 Å². The normalized spacial score (nSPS) is 16.9. The Morgan fingerprint density at radius 1 is 1.16 bits per heavy atom. The molecule has 1 aliphatic heterocycles. The number of anilines is 1. The van der Waals surface area contributed by atoms with E-state index in [2.05, 4.69) is 15.5 Å². The summed E-state index contributed by atoms with van der Waals surface area (Å²) in [5.74, 6) is -1.07. The van der Waals surface area contributed by atoms with Crippen molar-refractivity contribution in [3.63, 3.8) is 0 Å². The summed E-state index contributed by atoms with van der Waals surface area (Å²) in [5, 5.41) is 4.59. The fourth-order valence-corrected chi connectivity index (χ4v) is 3.72. The van der Waals surface area contributed by atoms with Crippen molar-refractivity contribution < 1.29 is 9.59 Å². The third kappa shape index (κ3) is 3.71. The van der Waals surface area contributed by atoms with Crippen LogP contribution in [0.25, 0.3) is 11.0 Å². The lowest BCUT2D eigenvalue weighted by Gasteiger charge is -2.20. The number of hydrogen-bond donors (Lipinski definition) is 1. The van der Waals surface area contributed by atoms with E-state index in [-0.39, 0.29) is 24.4 Å². The molecule has 0 radical (unpaired) electrons. The second kappa shape index (κ2) is 7.33. The van der Waals surface area contributed by atoms with Crippen molar-refractivity contribution in [2.45, 2.75) is 46.6 Å². The molecule has 1 N–H and O–H groups in total. The number of nitrogens with one attached hydrogen (secondary N) is 1. The summed E-state index contributed by atoms with van der Waals surface area (Å²) in [6.07, 6.45) is 2.83.